The van der Waals surface area contributed by atoms with Gasteiger partial charge in [-0.05, 0) is 6.07 Å². The Hall–Kier alpha value is -1.00. The van der Waals surface area contributed by atoms with Crippen LogP contribution in [0.5, 0.6) is 0 Å². The predicted molar refractivity (Wildman–Crippen MR) is 49.8 cm³/mol. The van der Waals surface area contributed by atoms with Gasteiger partial charge >= 0.3 is 5.97 Å². The van der Waals surface area contributed by atoms with E-state index in [1.165, 1.54) is 19.6 Å². The number of furan rings is 1. The van der Waals surface area contributed by atoms with Crippen molar-refractivity contribution >= 4 is 18.4 Å². The van der Waals surface area contributed by atoms with Crippen molar-refractivity contribution in [2.45, 2.75) is 5.92 Å². The maximum absolute atomic E-state index is 11.1. The van der Waals surface area contributed by atoms with Gasteiger partial charge in [0.2, 0.25) is 0 Å². The van der Waals surface area contributed by atoms with Crippen LogP contribution >= 0.6 is 12.4 Å². The fourth-order valence-corrected chi connectivity index (χ4v) is 0.984. The smallest absolute Gasteiger partial charge is 0.314 e. The third kappa shape index (κ3) is 2.75. The van der Waals surface area contributed by atoms with Gasteiger partial charge in [-0.25, -0.2) is 0 Å². The Kier molecular flexibility index (Phi) is 5.18. The Morgan fingerprint density at radius 3 is 2.85 bits per heavy atom. The number of ether oxygens (including phenoxy) is 1. The van der Waals surface area contributed by atoms with E-state index in [0.717, 1.165) is 5.56 Å². The zero-order chi connectivity index (χ0) is 8.97. The van der Waals surface area contributed by atoms with Crippen molar-refractivity contribution in [2.24, 2.45) is 5.73 Å². The van der Waals surface area contributed by atoms with E-state index >= 15 is 0 Å². The number of nitrogens with two attached hydrogens (primary N) is 1. The summed E-state index contributed by atoms with van der Waals surface area (Å²) in [6, 6.07) is 1.70. The van der Waals surface area contributed by atoms with Crippen LogP contribution in [0.25, 0.3) is 0 Å². The van der Waals surface area contributed by atoms with Crippen LogP contribution in [0.1, 0.15) is 11.5 Å². The fourth-order valence-electron chi connectivity index (χ4n) is 0.984. The van der Waals surface area contributed by atoms with Crippen molar-refractivity contribution in [3.63, 3.8) is 0 Å². The van der Waals surface area contributed by atoms with Gasteiger partial charge in [-0.15, -0.1) is 12.4 Å². The van der Waals surface area contributed by atoms with Crippen molar-refractivity contribution in [3.05, 3.63) is 24.2 Å². The highest BCUT2D eigenvalue weighted by Crippen LogP contribution is 2.15. The lowest BCUT2D eigenvalue weighted by Gasteiger charge is -2.08. The minimum absolute atomic E-state index is 0. The summed E-state index contributed by atoms with van der Waals surface area (Å²) in [7, 11) is 1.34. The van der Waals surface area contributed by atoms with E-state index < -0.39 is 5.92 Å². The number of hydrogen-bond acceptors (Lipinski definition) is 4. The molecule has 0 aliphatic carbocycles. The lowest BCUT2D eigenvalue weighted by Crippen LogP contribution is -2.22. The van der Waals surface area contributed by atoms with Crippen molar-refractivity contribution in [3.8, 4) is 0 Å². The molecule has 5 heteroatoms. The average molecular weight is 206 g/mol. The van der Waals surface area contributed by atoms with Crippen molar-refractivity contribution in [1.82, 2.24) is 0 Å². The number of methoxy groups -OCH3 is 1. The van der Waals surface area contributed by atoms with E-state index in [9.17, 15) is 4.79 Å². The molecule has 1 aromatic rings. The van der Waals surface area contributed by atoms with Gasteiger partial charge in [0.25, 0.3) is 0 Å². The molecule has 0 saturated heterocycles. The Morgan fingerprint density at radius 1 is 1.77 bits per heavy atom. The lowest BCUT2D eigenvalue weighted by molar-refractivity contribution is -0.142. The second-order valence-corrected chi connectivity index (χ2v) is 2.37. The molecule has 13 heavy (non-hydrogen) atoms. The maximum Gasteiger partial charge on any atom is 0.314 e. The van der Waals surface area contributed by atoms with Gasteiger partial charge in [0.1, 0.15) is 0 Å². The molecule has 0 aromatic carbocycles. The first-order valence-corrected chi connectivity index (χ1v) is 3.59. The topological polar surface area (TPSA) is 65.5 Å². The first-order valence-electron chi connectivity index (χ1n) is 3.59. The van der Waals surface area contributed by atoms with E-state index in [2.05, 4.69) is 4.74 Å². The summed E-state index contributed by atoms with van der Waals surface area (Å²) in [6.07, 6.45) is 3.00. The van der Waals surface area contributed by atoms with E-state index in [-0.39, 0.29) is 24.9 Å². The van der Waals surface area contributed by atoms with Crippen LogP contribution < -0.4 is 5.73 Å². The monoisotopic (exact) mass is 205 g/mol. The Labute approximate surface area is 82.5 Å². The third-order valence-corrected chi connectivity index (χ3v) is 1.67. The minimum Gasteiger partial charge on any atom is -0.472 e. The summed E-state index contributed by atoms with van der Waals surface area (Å²) < 4.78 is 9.40. The molecule has 0 fully saturated rings. The molecule has 1 atom stereocenters. The van der Waals surface area contributed by atoms with Gasteiger partial charge in [-0.3, -0.25) is 4.79 Å². The summed E-state index contributed by atoms with van der Waals surface area (Å²) >= 11 is 0. The van der Waals surface area contributed by atoms with Crippen LogP contribution in [0, 0.1) is 0 Å². The number of carbonyl (C=O) groups is 1. The van der Waals surface area contributed by atoms with E-state index in [0.29, 0.717) is 0 Å². The quantitative estimate of drug-likeness (QED) is 0.746. The van der Waals surface area contributed by atoms with Crippen LogP contribution in [-0.4, -0.2) is 19.6 Å². The van der Waals surface area contributed by atoms with Gasteiger partial charge in [0.15, 0.2) is 0 Å². The van der Waals surface area contributed by atoms with Crippen LogP contribution in [-0.2, 0) is 9.53 Å². The number of rotatable bonds is 3. The molecule has 0 amide bonds. The molecule has 74 valence electrons. The Bertz CT molecular complexity index is 248. The molecule has 0 aliphatic rings. The van der Waals surface area contributed by atoms with Crippen LogP contribution in [0.3, 0.4) is 0 Å². The van der Waals surface area contributed by atoms with Gasteiger partial charge in [0.05, 0.1) is 25.6 Å². The lowest BCUT2D eigenvalue weighted by atomic mass is 10.0. The van der Waals surface area contributed by atoms with Crippen LogP contribution in [0.2, 0.25) is 0 Å². The first-order chi connectivity index (χ1) is 5.79. The molecular weight excluding hydrogens is 194 g/mol. The Balaban J connectivity index is 0.00000144. The molecule has 0 aliphatic heterocycles. The molecule has 0 spiro atoms. The third-order valence-electron chi connectivity index (χ3n) is 1.67. The molecule has 0 saturated carbocycles. The largest absolute Gasteiger partial charge is 0.472 e. The minimum atomic E-state index is -0.409. The molecule has 1 heterocycles. The number of carbonyl (C=O) groups excluding carboxylic acids is 1. The second kappa shape index (κ2) is 5.61. The second-order valence-electron chi connectivity index (χ2n) is 2.37. The molecule has 0 bridgehead atoms. The zero-order valence-electron chi connectivity index (χ0n) is 7.23. The van der Waals surface area contributed by atoms with Crippen LogP contribution in [0.4, 0.5) is 0 Å². The zero-order valence-corrected chi connectivity index (χ0v) is 8.04. The molecule has 1 unspecified atom stereocenters. The van der Waals surface area contributed by atoms with E-state index in [4.69, 9.17) is 10.2 Å². The number of hydrogen-bond donors (Lipinski definition) is 1. The highest BCUT2D eigenvalue weighted by molar-refractivity contribution is 5.85. The highest BCUT2D eigenvalue weighted by Gasteiger charge is 2.20. The van der Waals surface area contributed by atoms with Gasteiger partial charge in [-0.2, -0.15) is 0 Å². The van der Waals surface area contributed by atoms with Gasteiger partial charge in [0, 0.05) is 12.1 Å². The standard InChI is InChI=1S/C8H11NO3.ClH/c1-11-8(10)7(4-9)6-2-3-12-5-6;/h2-3,5,7H,4,9H2,1H3;1H. The van der Waals surface area contributed by atoms with Gasteiger partial charge < -0.3 is 14.9 Å². The maximum atomic E-state index is 11.1. The Morgan fingerprint density at radius 2 is 2.46 bits per heavy atom. The van der Waals surface area contributed by atoms with Gasteiger partial charge in [-0.1, -0.05) is 0 Å². The summed E-state index contributed by atoms with van der Waals surface area (Å²) in [5, 5.41) is 0. The van der Waals surface area contributed by atoms with Crippen molar-refractivity contribution < 1.29 is 13.9 Å². The van der Waals surface area contributed by atoms with Crippen molar-refractivity contribution in [1.29, 1.82) is 0 Å². The summed E-state index contributed by atoms with van der Waals surface area (Å²) in [5.74, 6) is -0.743. The normalized spacial score (nSPS) is 11.5. The number of esters is 1. The predicted octanol–water partition coefficient (Wildman–Crippen LogP) is 0.917. The first kappa shape index (κ1) is 12.0. The molecule has 1 aromatic heterocycles. The molecule has 4 nitrogen and oxygen atoms in total. The number of halogens is 1. The van der Waals surface area contributed by atoms with E-state index in [1.54, 1.807) is 6.07 Å². The van der Waals surface area contributed by atoms with Crippen molar-refractivity contribution in [2.75, 3.05) is 13.7 Å². The summed E-state index contributed by atoms with van der Waals surface area (Å²) in [5.41, 5.74) is 6.15. The summed E-state index contributed by atoms with van der Waals surface area (Å²) in [4.78, 5) is 11.1. The fraction of sp³-hybridized carbons (Fsp3) is 0.375. The molecular formula is C8H12ClNO3. The van der Waals surface area contributed by atoms with Crippen LogP contribution in [0.15, 0.2) is 23.0 Å². The average Bonchev–Trinajstić information content (AvgIpc) is 2.58. The molecule has 0 radical (unpaired) electrons. The molecule has 2 N–H and O–H groups in total. The SMILES string of the molecule is COC(=O)C(CN)c1ccoc1.Cl. The van der Waals surface area contributed by atoms with E-state index in [1.807, 2.05) is 0 Å². The summed E-state index contributed by atoms with van der Waals surface area (Å²) in [6.45, 7) is 0.228. The molecule has 1 rings (SSSR count). The highest BCUT2D eigenvalue weighted by atomic mass is 35.5.